The Bertz CT molecular complexity index is 62.3. The minimum absolute atomic E-state index is 0.991. The molecule has 2 rings (SSSR count). The monoisotopic (exact) mass is 84.1 g/mol. The molecular weight excluding hydrogens is 76.1 g/mol. The zero-order chi connectivity index (χ0) is 3.98. The summed E-state index contributed by atoms with van der Waals surface area (Å²) in [7, 11) is 0. The van der Waals surface area contributed by atoms with E-state index in [-0.39, 0.29) is 0 Å². The fraction of sp³-hybridized carbons (Fsp3) is 1.00. The third-order valence-electron chi connectivity index (χ3n) is 1.73. The molecule has 6 heavy (non-hydrogen) atoms. The van der Waals surface area contributed by atoms with Crippen LogP contribution >= 0.6 is 0 Å². The molecule has 34 valence electrons. The van der Waals surface area contributed by atoms with E-state index in [1.54, 1.807) is 0 Å². The van der Waals surface area contributed by atoms with Crippen LogP contribution in [0, 0.1) is 11.8 Å². The van der Waals surface area contributed by atoms with Crippen LogP contribution in [0.4, 0.5) is 0 Å². The summed E-state index contributed by atoms with van der Waals surface area (Å²) in [4.78, 5) is 0. The van der Waals surface area contributed by atoms with Gasteiger partial charge in [0.25, 0.3) is 0 Å². The zero-order valence-corrected chi connectivity index (χ0v) is 3.68. The molecule has 0 amide bonds. The number of hydrogen-bond donors (Lipinski definition) is 0. The van der Waals surface area contributed by atoms with Crippen molar-refractivity contribution >= 4 is 0 Å². The minimum Gasteiger partial charge on any atom is -0.381 e. The van der Waals surface area contributed by atoms with Crippen LogP contribution < -0.4 is 0 Å². The smallest absolute Gasteiger partial charge is 0.0498 e. The molecule has 0 aromatic carbocycles. The zero-order valence-electron chi connectivity index (χ0n) is 3.68. The molecule has 0 N–H and O–H groups in total. The van der Waals surface area contributed by atoms with Gasteiger partial charge in [0.05, 0.1) is 0 Å². The quantitative estimate of drug-likeness (QED) is 0.419. The van der Waals surface area contributed by atoms with Crippen LogP contribution in [0.15, 0.2) is 0 Å². The highest BCUT2D eigenvalue weighted by Gasteiger charge is 2.41. The van der Waals surface area contributed by atoms with Gasteiger partial charge in [-0.25, -0.2) is 0 Å². The lowest BCUT2D eigenvalue weighted by Crippen LogP contribution is -1.86. The first-order valence-corrected chi connectivity index (χ1v) is 2.54. The van der Waals surface area contributed by atoms with Crippen LogP contribution in [0.3, 0.4) is 0 Å². The van der Waals surface area contributed by atoms with Crippen molar-refractivity contribution in [2.75, 3.05) is 13.2 Å². The summed E-state index contributed by atoms with van der Waals surface area (Å²) < 4.78 is 5.11. The highest BCUT2D eigenvalue weighted by atomic mass is 16.5. The highest BCUT2D eigenvalue weighted by Crippen LogP contribution is 2.43. The maximum Gasteiger partial charge on any atom is 0.0498 e. The predicted molar refractivity (Wildman–Crippen MR) is 22.4 cm³/mol. The molecule has 1 saturated carbocycles. The van der Waals surface area contributed by atoms with E-state index in [1.165, 1.54) is 6.42 Å². The van der Waals surface area contributed by atoms with E-state index in [1.807, 2.05) is 0 Å². The Kier molecular flexibility index (Phi) is 0.396. The summed E-state index contributed by atoms with van der Waals surface area (Å²) in [6, 6.07) is 0. The molecule has 2 fully saturated rings. The summed E-state index contributed by atoms with van der Waals surface area (Å²) in [6.45, 7) is 2.12. The highest BCUT2D eigenvalue weighted by molar-refractivity contribution is 4.89. The molecular formula is C5H8O. The van der Waals surface area contributed by atoms with Crippen LogP contribution in [0.25, 0.3) is 0 Å². The van der Waals surface area contributed by atoms with Crippen molar-refractivity contribution in [2.45, 2.75) is 6.42 Å². The van der Waals surface area contributed by atoms with Crippen molar-refractivity contribution in [1.29, 1.82) is 0 Å². The Balaban J connectivity index is 2.09. The van der Waals surface area contributed by atoms with E-state index in [9.17, 15) is 0 Å². The van der Waals surface area contributed by atoms with Gasteiger partial charge >= 0.3 is 0 Å². The van der Waals surface area contributed by atoms with Gasteiger partial charge in [0.1, 0.15) is 0 Å². The van der Waals surface area contributed by atoms with Crippen molar-refractivity contribution in [3.8, 4) is 0 Å². The average Bonchev–Trinajstić information content (AvgIpc) is 2.17. The Morgan fingerprint density at radius 1 is 1.17 bits per heavy atom. The van der Waals surface area contributed by atoms with Crippen molar-refractivity contribution in [2.24, 2.45) is 11.8 Å². The molecule has 1 aliphatic carbocycles. The molecule has 2 atom stereocenters. The average molecular weight is 84.1 g/mol. The molecule has 1 aliphatic heterocycles. The van der Waals surface area contributed by atoms with E-state index in [0.717, 1.165) is 25.0 Å². The summed E-state index contributed by atoms with van der Waals surface area (Å²) in [5.41, 5.74) is 0. The minimum atomic E-state index is 0.991. The third kappa shape index (κ3) is 0.243. The molecule has 0 bridgehead atoms. The van der Waals surface area contributed by atoms with Crippen molar-refractivity contribution in [3.63, 3.8) is 0 Å². The van der Waals surface area contributed by atoms with Gasteiger partial charge in [-0.15, -0.1) is 0 Å². The maximum atomic E-state index is 5.11. The molecule has 1 nitrogen and oxygen atoms in total. The second-order valence-corrected chi connectivity index (χ2v) is 2.29. The number of hydrogen-bond acceptors (Lipinski definition) is 1. The van der Waals surface area contributed by atoms with E-state index >= 15 is 0 Å². The van der Waals surface area contributed by atoms with Crippen LogP contribution in [0.2, 0.25) is 0 Å². The SMILES string of the molecule is C1OC[C@H]2C[C@@H]12. The first kappa shape index (κ1) is 3.03. The van der Waals surface area contributed by atoms with E-state index in [2.05, 4.69) is 0 Å². The molecule has 0 aromatic rings. The van der Waals surface area contributed by atoms with Gasteiger partial charge in [0, 0.05) is 13.2 Å². The first-order valence-electron chi connectivity index (χ1n) is 2.54. The van der Waals surface area contributed by atoms with Gasteiger partial charge in [-0.2, -0.15) is 0 Å². The number of rotatable bonds is 0. The Labute approximate surface area is 37.3 Å². The first-order chi connectivity index (χ1) is 2.97. The lowest BCUT2D eigenvalue weighted by Gasteiger charge is -1.87. The molecule has 2 aliphatic rings. The van der Waals surface area contributed by atoms with Crippen molar-refractivity contribution in [3.05, 3.63) is 0 Å². The van der Waals surface area contributed by atoms with Gasteiger partial charge in [-0.05, 0) is 18.3 Å². The molecule has 0 aromatic heterocycles. The van der Waals surface area contributed by atoms with Crippen LogP contribution in [0.5, 0.6) is 0 Å². The van der Waals surface area contributed by atoms with Crippen molar-refractivity contribution < 1.29 is 4.74 Å². The van der Waals surface area contributed by atoms with E-state index < -0.39 is 0 Å². The summed E-state index contributed by atoms with van der Waals surface area (Å²) in [5, 5.41) is 0. The third-order valence-corrected chi connectivity index (χ3v) is 1.73. The topological polar surface area (TPSA) is 9.23 Å². The van der Waals surface area contributed by atoms with Gasteiger partial charge in [-0.1, -0.05) is 0 Å². The summed E-state index contributed by atoms with van der Waals surface area (Å²) in [5.74, 6) is 1.98. The van der Waals surface area contributed by atoms with E-state index in [0.29, 0.717) is 0 Å². The second kappa shape index (κ2) is 0.784. The van der Waals surface area contributed by atoms with E-state index in [4.69, 9.17) is 4.74 Å². The predicted octanol–water partition coefficient (Wildman–Crippen LogP) is 0.653. The molecule has 0 spiro atoms. The van der Waals surface area contributed by atoms with Gasteiger partial charge in [0.15, 0.2) is 0 Å². The lowest BCUT2D eigenvalue weighted by molar-refractivity contribution is 0.165. The van der Waals surface area contributed by atoms with Crippen molar-refractivity contribution in [1.82, 2.24) is 0 Å². The summed E-state index contributed by atoms with van der Waals surface area (Å²) >= 11 is 0. The molecule has 1 heterocycles. The lowest BCUT2D eigenvalue weighted by atomic mass is 10.4. The Morgan fingerprint density at radius 3 is 2.00 bits per heavy atom. The normalized spacial score (nSPS) is 52.0. The second-order valence-electron chi connectivity index (χ2n) is 2.29. The largest absolute Gasteiger partial charge is 0.381 e. The van der Waals surface area contributed by atoms with Gasteiger partial charge < -0.3 is 4.74 Å². The van der Waals surface area contributed by atoms with Crippen LogP contribution in [0.1, 0.15) is 6.42 Å². The molecule has 1 heteroatoms. The van der Waals surface area contributed by atoms with Crippen LogP contribution in [-0.2, 0) is 4.74 Å². The molecule has 0 unspecified atom stereocenters. The number of ether oxygens (including phenoxy) is 1. The van der Waals surface area contributed by atoms with Crippen LogP contribution in [-0.4, -0.2) is 13.2 Å². The maximum absolute atomic E-state index is 5.11. The Morgan fingerprint density at radius 2 is 1.83 bits per heavy atom. The molecule has 1 saturated heterocycles. The summed E-state index contributed by atoms with van der Waals surface area (Å²) in [6.07, 6.45) is 1.46. The Hall–Kier alpha value is -0.0400. The fourth-order valence-corrected chi connectivity index (χ4v) is 1.09. The number of fused-ring (bicyclic) bond motifs is 1. The van der Waals surface area contributed by atoms with Gasteiger partial charge in [0.2, 0.25) is 0 Å². The fourth-order valence-electron chi connectivity index (χ4n) is 1.09. The molecule has 0 radical (unpaired) electrons. The standard InChI is InChI=1S/C5H8O/c1-4-2-6-3-5(1)4/h4-5H,1-3H2/t4-,5+. The van der Waals surface area contributed by atoms with Gasteiger partial charge in [-0.3, -0.25) is 0 Å².